The van der Waals surface area contributed by atoms with Gasteiger partial charge in [0, 0.05) is 18.6 Å². The summed E-state index contributed by atoms with van der Waals surface area (Å²) in [5.74, 6) is -1.64. The maximum atomic E-state index is 13.1. The highest BCUT2D eigenvalue weighted by Crippen LogP contribution is 2.24. The summed E-state index contributed by atoms with van der Waals surface area (Å²) in [4.78, 5) is 8.03. The van der Waals surface area contributed by atoms with E-state index in [2.05, 4.69) is 25.5 Å². The number of nitrogens with one attached hydrogen (secondary N) is 1. The van der Waals surface area contributed by atoms with E-state index < -0.39 is 34.0 Å². The van der Waals surface area contributed by atoms with Gasteiger partial charge in [0.1, 0.15) is 15.7 Å². The van der Waals surface area contributed by atoms with Crippen molar-refractivity contribution in [3.05, 3.63) is 53.9 Å². The smallest absolute Gasteiger partial charge is 0.314 e. The molecular formula is C17H18F3N5O3S. The molecule has 0 aliphatic rings. The number of halogens is 3. The maximum absolute atomic E-state index is 13.1. The van der Waals surface area contributed by atoms with Gasteiger partial charge in [0.25, 0.3) is 11.8 Å². The van der Waals surface area contributed by atoms with Crippen molar-refractivity contribution >= 4 is 15.8 Å². The van der Waals surface area contributed by atoms with Crippen LogP contribution in [0.15, 0.2) is 41.1 Å². The van der Waals surface area contributed by atoms with E-state index in [1.165, 1.54) is 36.7 Å². The molecule has 12 heteroatoms. The topological polar surface area (TPSA) is 111 Å². The molecule has 0 saturated carbocycles. The van der Waals surface area contributed by atoms with Crippen molar-refractivity contribution in [2.24, 2.45) is 0 Å². The van der Waals surface area contributed by atoms with E-state index in [1.807, 2.05) is 0 Å². The first-order valence-corrected chi connectivity index (χ1v) is 9.91. The Labute approximate surface area is 165 Å². The third kappa shape index (κ3) is 5.98. The average Bonchev–Trinajstić information content (AvgIpc) is 3.12. The van der Waals surface area contributed by atoms with Gasteiger partial charge in [-0.1, -0.05) is 19.6 Å². The minimum Gasteiger partial charge on any atom is -0.415 e. The molecule has 1 aromatic carbocycles. The second-order valence-corrected chi connectivity index (χ2v) is 8.07. The standard InChI is InChI=1S/C16H14F3N5O3S.CH4/c1-28(25,26)8-12(9-2-4-11(17)5-3-9)22-16-20-6-10(7-21-16)14-23-24-15(27-14)13(18)19;/h2-7,12-13H,8H2,1H3,(H,20,21,22);1H4. The quantitative estimate of drug-likeness (QED) is 0.608. The lowest BCUT2D eigenvalue weighted by Gasteiger charge is -2.18. The van der Waals surface area contributed by atoms with Crippen LogP contribution >= 0.6 is 0 Å². The molecule has 1 unspecified atom stereocenters. The van der Waals surface area contributed by atoms with Crippen LogP contribution in [0.2, 0.25) is 0 Å². The van der Waals surface area contributed by atoms with E-state index in [9.17, 15) is 21.6 Å². The van der Waals surface area contributed by atoms with Crippen LogP contribution in [0.3, 0.4) is 0 Å². The second kappa shape index (κ2) is 8.99. The molecule has 0 saturated heterocycles. The van der Waals surface area contributed by atoms with Crippen molar-refractivity contribution in [3.8, 4) is 11.5 Å². The van der Waals surface area contributed by atoms with Crippen LogP contribution in [0.4, 0.5) is 19.1 Å². The molecule has 0 bridgehead atoms. The number of rotatable bonds is 7. The van der Waals surface area contributed by atoms with Crippen molar-refractivity contribution in [1.82, 2.24) is 20.2 Å². The number of hydrogen-bond acceptors (Lipinski definition) is 8. The molecule has 0 radical (unpaired) electrons. The molecule has 0 spiro atoms. The largest absolute Gasteiger partial charge is 0.415 e. The summed E-state index contributed by atoms with van der Waals surface area (Å²) in [6.07, 6.45) is 0.710. The summed E-state index contributed by atoms with van der Waals surface area (Å²) in [6.45, 7) is 0. The van der Waals surface area contributed by atoms with E-state index in [0.29, 0.717) is 5.56 Å². The predicted octanol–water partition coefficient (Wildman–Crippen LogP) is 3.44. The first kappa shape index (κ1) is 22.3. The van der Waals surface area contributed by atoms with Gasteiger partial charge in [-0.05, 0) is 17.7 Å². The van der Waals surface area contributed by atoms with Crippen molar-refractivity contribution in [2.45, 2.75) is 19.9 Å². The molecule has 156 valence electrons. The molecule has 2 heterocycles. The van der Waals surface area contributed by atoms with Crippen LogP contribution in [0, 0.1) is 5.82 Å². The Bertz CT molecular complexity index is 1040. The molecule has 1 N–H and O–H groups in total. The molecule has 0 aliphatic heterocycles. The highest BCUT2D eigenvalue weighted by molar-refractivity contribution is 7.90. The molecule has 0 aliphatic carbocycles. The molecule has 3 aromatic rings. The monoisotopic (exact) mass is 429 g/mol. The van der Waals surface area contributed by atoms with E-state index in [4.69, 9.17) is 4.42 Å². The molecule has 1 atom stereocenters. The van der Waals surface area contributed by atoms with Crippen molar-refractivity contribution in [2.75, 3.05) is 17.3 Å². The minimum absolute atomic E-state index is 0. The van der Waals surface area contributed by atoms with E-state index in [-0.39, 0.29) is 30.6 Å². The van der Waals surface area contributed by atoms with Gasteiger partial charge in [-0.3, -0.25) is 0 Å². The van der Waals surface area contributed by atoms with Crippen molar-refractivity contribution in [3.63, 3.8) is 0 Å². The molecule has 0 amide bonds. The number of benzene rings is 1. The number of nitrogens with zero attached hydrogens (tertiary/aromatic N) is 4. The first-order chi connectivity index (χ1) is 13.2. The summed E-state index contributed by atoms with van der Waals surface area (Å²) in [5.41, 5.74) is 0.740. The Hall–Kier alpha value is -3.02. The zero-order chi connectivity index (χ0) is 20.3. The normalized spacial score (nSPS) is 12.4. The lowest BCUT2D eigenvalue weighted by Crippen LogP contribution is -2.21. The number of anilines is 1. The highest BCUT2D eigenvalue weighted by Gasteiger charge is 2.20. The number of aromatic nitrogens is 4. The molecule has 29 heavy (non-hydrogen) atoms. The van der Waals surface area contributed by atoms with Crippen LogP contribution in [-0.4, -0.2) is 40.6 Å². The number of alkyl halides is 2. The Kier molecular flexibility index (Phi) is 6.90. The predicted molar refractivity (Wildman–Crippen MR) is 99.5 cm³/mol. The van der Waals surface area contributed by atoms with Gasteiger partial charge >= 0.3 is 6.43 Å². The van der Waals surface area contributed by atoms with E-state index >= 15 is 0 Å². The third-order valence-corrected chi connectivity index (χ3v) is 4.51. The molecule has 0 fully saturated rings. The Morgan fingerprint density at radius 3 is 2.24 bits per heavy atom. The van der Waals surface area contributed by atoms with E-state index in [0.717, 1.165) is 6.26 Å². The van der Waals surface area contributed by atoms with Crippen LogP contribution in [-0.2, 0) is 9.84 Å². The van der Waals surface area contributed by atoms with Gasteiger partial charge < -0.3 is 9.73 Å². The lowest BCUT2D eigenvalue weighted by molar-refractivity contribution is 0.116. The Balaban J connectivity index is 0.00000300. The molecule has 8 nitrogen and oxygen atoms in total. The number of sulfone groups is 1. The summed E-state index contributed by atoms with van der Waals surface area (Å²) in [5, 5.41) is 9.57. The minimum atomic E-state index is -3.37. The zero-order valence-corrected chi connectivity index (χ0v) is 15.2. The number of hydrogen-bond donors (Lipinski definition) is 1. The summed E-state index contributed by atoms with van der Waals surface area (Å²) < 4.78 is 66.4. The van der Waals surface area contributed by atoms with Gasteiger partial charge in [-0.25, -0.2) is 22.8 Å². The van der Waals surface area contributed by atoms with Gasteiger partial charge in [0.2, 0.25) is 5.95 Å². The first-order valence-electron chi connectivity index (χ1n) is 7.85. The maximum Gasteiger partial charge on any atom is 0.314 e. The second-order valence-electron chi connectivity index (χ2n) is 5.88. The van der Waals surface area contributed by atoms with E-state index in [1.54, 1.807) is 0 Å². The highest BCUT2D eigenvalue weighted by atomic mass is 32.2. The molecule has 2 aromatic heterocycles. The Morgan fingerprint density at radius 1 is 1.10 bits per heavy atom. The average molecular weight is 429 g/mol. The SMILES string of the molecule is C.CS(=O)(=O)CC(Nc1ncc(-c2nnc(C(F)F)o2)cn1)c1ccc(F)cc1. The van der Waals surface area contributed by atoms with Gasteiger partial charge in [-0.15, -0.1) is 10.2 Å². The van der Waals surface area contributed by atoms with Crippen molar-refractivity contribution in [1.29, 1.82) is 0 Å². The van der Waals surface area contributed by atoms with Crippen LogP contribution in [0.1, 0.15) is 31.3 Å². The fourth-order valence-corrected chi connectivity index (χ4v) is 3.21. The third-order valence-electron chi connectivity index (χ3n) is 3.57. The lowest BCUT2D eigenvalue weighted by atomic mass is 10.1. The summed E-state index contributed by atoms with van der Waals surface area (Å²) >= 11 is 0. The summed E-state index contributed by atoms with van der Waals surface area (Å²) in [7, 11) is -3.37. The summed E-state index contributed by atoms with van der Waals surface area (Å²) in [6, 6.07) is 4.61. The van der Waals surface area contributed by atoms with Crippen LogP contribution in [0.5, 0.6) is 0 Å². The molecule has 3 rings (SSSR count). The van der Waals surface area contributed by atoms with Crippen LogP contribution < -0.4 is 5.32 Å². The fourth-order valence-electron chi connectivity index (χ4n) is 2.33. The zero-order valence-electron chi connectivity index (χ0n) is 14.4. The van der Waals surface area contributed by atoms with Crippen molar-refractivity contribution < 1.29 is 26.0 Å². The van der Waals surface area contributed by atoms with Gasteiger partial charge in [0.05, 0.1) is 17.4 Å². The fraction of sp³-hybridized carbons (Fsp3) is 0.294. The van der Waals surface area contributed by atoms with Crippen LogP contribution in [0.25, 0.3) is 11.5 Å². The Morgan fingerprint density at radius 2 is 1.72 bits per heavy atom. The molecular weight excluding hydrogens is 411 g/mol. The van der Waals surface area contributed by atoms with Gasteiger partial charge in [-0.2, -0.15) is 8.78 Å². The van der Waals surface area contributed by atoms with Gasteiger partial charge in [0.15, 0.2) is 0 Å².